The van der Waals surface area contributed by atoms with Crippen LogP contribution >= 0.6 is 0 Å². The Morgan fingerprint density at radius 3 is 2.79 bits per heavy atom. The summed E-state index contributed by atoms with van der Waals surface area (Å²) in [5.41, 5.74) is 2.93. The van der Waals surface area contributed by atoms with E-state index in [4.69, 9.17) is 0 Å². The maximum Gasteiger partial charge on any atom is 0.255 e. The summed E-state index contributed by atoms with van der Waals surface area (Å²) >= 11 is 0. The highest BCUT2D eigenvalue weighted by atomic mass is 16.3. The van der Waals surface area contributed by atoms with Gasteiger partial charge in [0.25, 0.3) is 5.91 Å². The molecule has 1 aliphatic heterocycles. The summed E-state index contributed by atoms with van der Waals surface area (Å²) in [5, 5.41) is 9.38. The second-order valence-electron chi connectivity index (χ2n) is 4.68. The molecular weight excluding hydrogens is 240 g/mol. The third kappa shape index (κ3) is 2.29. The van der Waals surface area contributed by atoms with Crippen molar-refractivity contribution in [3.63, 3.8) is 0 Å². The molecule has 0 unspecified atom stereocenters. The Balaban J connectivity index is 1.83. The Bertz CT molecular complexity index is 625. The molecule has 0 atom stereocenters. The average Bonchev–Trinajstić information content (AvgIpc) is 2.46. The zero-order valence-electron chi connectivity index (χ0n) is 10.4. The Morgan fingerprint density at radius 2 is 2.00 bits per heavy atom. The standard InChI is InChI=1S/C15H14N2O2/c18-14-7-13(8-16-9-14)15(19)17-6-5-11-3-1-2-4-12(11)10-17/h1-4,7-9,18H,5-6,10H2. The number of rotatable bonds is 1. The van der Waals surface area contributed by atoms with E-state index in [1.165, 1.54) is 29.6 Å². The molecule has 3 rings (SSSR count). The quantitative estimate of drug-likeness (QED) is 0.846. The molecule has 4 heteroatoms. The van der Waals surface area contributed by atoms with Crippen molar-refractivity contribution in [1.29, 1.82) is 0 Å². The molecule has 1 amide bonds. The molecule has 2 aromatic rings. The monoisotopic (exact) mass is 254 g/mol. The van der Waals surface area contributed by atoms with Crippen molar-refractivity contribution in [2.75, 3.05) is 6.54 Å². The Hall–Kier alpha value is -2.36. The van der Waals surface area contributed by atoms with Gasteiger partial charge in [0, 0.05) is 19.3 Å². The lowest BCUT2D eigenvalue weighted by Gasteiger charge is -2.28. The molecule has 0 saturated heterocycles. The third-order valence-corrected chi connectivity index (χ3v) is 3.39. The van der Waals surface area contributed by atoms with Crippen LogP contribution in [0.4, 0.5) is 0 Å². The Morgan fingerprint density at radius 1 is 1.21 bits per heavy atom. The van der Waals surface area contributed by atoms with Crippen LogP contribution in [-0.4, -0.2) is 27.4 Å². The fourth-order valence-electron chi connectivity index (χ4n) is 2.40. The molecule has 0 spiro atoms. The second kappa shape index (κ2) is 4.72. The summed E-state index contributed by atoms with van der Waals surface area (Å²) in [6.45, 7) is 1.32. The molecule has 19 heavy (non-hydrogen) atoms. The van der Waals surface area contributed by atoms with Crippen molar-refractivity contribution in [3.8, 4) is 5.75 Å². The Kier molecular flexibility index (Phi) is 2.91. The molecule has 1 aromatic heterocycles. The highest BCUT2D eigenvalue weighted by molar-refractivity contribution is 5.94. The molecule has 0 saturated carbocycles. The number of hydrogen-bond donors (Lipinski definition) is 1. The van der Waals surface area contributed by atoms with Gasteiger partial charge in [-0.3, -0.25) is 9.78 Å². The predicted octanol–water partition coefficient (Wildman–Crippen LogP) is 1.99. The van der Waals surface area contributed by atoms with Gasteiger partial charge in [-0.25, -0.2) is 0 Å². The van der Waals surface area contributed by atoms with E-state index in [1.807, 2.05) is 12.1 Å². The van der Waals surface area contributed by atoms with E-state index in [0.29, 0.717) is 18.7 Å². The minimum absolute atomic E-state index is 0.0169. The van der Waals surface area contributed by atoms with Crippen LogP contribution in [0.5, 0.6) is 5.75 Å². The molecule has 1 N–H and O–H groups in total. The topological polar surface area (TPSA) is 53.4 Å². The van der Waals surface area contributed by atoms with Crippen LogP contribution in [0.25, 0.3) is 0 Å². The van der Waals surface area contributed by atoms with Gasteiger partial charge in [-0.1, -0.05) is 24.3 Å². The van der Waals surface area contributed by atoms with Crippen LogP contribution < -0.4 is 0 Å². The normalized spacial score (nSPS) is 14.0. The van der Waals surface area contributed by atoms with Crippen LogP contribution in [0.3, 0.4) is 0 Å². The van der Waals surface area contributed by atoms with Gasteiger partial charge in [-0.15, -0.1) is 0 Å². The zero-order valence-corrected chi connectivity index (χ0v) is 10.4. The van der Waals surface area contributed by atoms with Gasteiger partial charge in [-0.2, -0.15) is 0 Å². The SMILES string of the molecule is O=C(c1cncc(O)c1)N1CCc2ccccc2C1. The third-order valence-electron chi connectivity index (χ3n) is 3.39. The van der Waals surface area contributed by atoms with E-state index in [1.54, 1.807) is 4.90 Å². The smallest absolute Gasteiger partial charge is 0.255 e. The Labute approximate surface area is 111 Å². The molecule has 4 nitrogen and oxygen atoms in total. The van der Waals surface area contributed by atoms with E-state index >= 15 is 0 Å². The first kappa shape index (κ1) is 11.7. The fraction of sp³-hybridized carbons (Fsp3) is 0.200. The highest BCUT2D eigenvalue weighted by Gasteiger charge is 2.21. The van der Waals surface area contributed by atoms with Crippen LogP contribution in [0.15, 0.2) is 42.7 Å². The molecule has 1 aromatic carbocycles. The lowest BCUT2D eigenvalue weighted by molar-refractivity contribution is 0.0734. The number of carbonyl (C=O) groups excluding carboxylic acids is 1. The first-order chi connectivity index (χ1) is 9.24. The van der Waals surface area contributed by atoms with Gasteiger partial charge in [0.1, 0.15) is 5.75 Å². The first-order valence-electron chi connectivity index (χ1n) is 6.24. The van der Waals surface area contributed by atoms with Crippen molar-refractivity contribution in [2.24, 2.45) is 0 Å². The fourth-order valence-corrected chi connectivity index (χ4v) is 2.40. The van der Waals surface area contributed by atoms with Crippen molar-refractivity contribution in [2.45, 2.75) is 13.0 Å². The second-order valence-corrected chi connectivity index (χ2v) is 4.68. The summed E-state index contributed by atoms with van der Waals surface area (Å²) in [6.07, 6.45) is 3.68. The zero-order chi connectivity index (χ0) is 13.2. The summed E-state index contributed by atoms with van der Waals surface area (Å²) in [6, 6.07) is 9.62. The van der Waals surface area contributed by atoms with Crippen molar-refractivity contribution in [3.05, 3.63) is 59.4 Å². The molecule has 0 aliphatic carbocycles. The van der Waals surface area contributed by atoms with Crippen LogP contribution in [0.1, 0.15) is 21.5 Å². The van der Waals surface area contributed by atoms with Gasteiger partial charge >= 0.3 is 0 Å². The van der Waals surface area contributed by atoms with E-state index in [9.17, 15) is 9.90 Å². The molecule has 96 valence electrons. The maximum atomic E-state index is 12.3. The average molecular weight is 254 g/mol. The maximum absolute atomic E-state index is 12.3. The van der Waals surface area contributed by atoms with Crippen LogP contribution in [-0.2, 0) is 13.0 Å². The van der Waals surface area contributed by atoms with E-state index in [0.717, 1.165) is 6.42 Å². The summed E-state index contributed by atoms with van der Waals surface area (Å²) in [4.78, 5) is 18.0. The molecule has 0 radical (unpaired) electrons. The lowest BCUT2D eigenvalue weighted by atomic mass is 9.99. The number of fused-ring (bicyclic) bond motifs is 1. The number of amides is 1. The van der Waals surface area contributed by atoms with Crippen molar-refractivity contribution in [1.82, 2.24) is 9.88 Å². The molecule has 0 bridgehead atoms. The van der Waals surface area contributed by atoms with E-state index in [-0.39, 0.29) is 11.7 Å². The highest BCUT2D eigenvalue weighted by Crippen LogP contribution is 2.20. The minimum atomic E-state index is -0.0853. The van der Waals surface area contributed by atoms with Crippen LogP contribution in [0, 0.1) is 0 Å². The molecular formula is C15H14N2O2. The largest absolute Gasteiger partial charge is 0.506 e. The predicted molar refractivity (Wildman–Crippen MR) is 70.8 cm³/mol. The van der Waals surface area contributed by atoms with E-state index in [2.05, 4.69) is 17.1 Å². The van der Waals surface area contributed by atoms with Gasteiger partial charge in [0.05, 0.1) is 11.8 Å². The number of aromatic hydroxyl groups is 1. The number of aromatic nitrogens is 1. The summed E-state index contributed by atoms with van der Waals surface area (Å²) in [5.74, 6) is -0.0684. The van der Waals surface area contributed by atoms with Crippen molar-refractivity contribution < 1.29 is 9.90 Å². The van der Waals surface area contributed by atoms with Gasteiger partial charge in [0.2, 0.25) is 0 Å². The number of nitrogens with zero attached hydrogens (tertiary/aromatic N) is 2. The lowest BCUT2D eigenvalue weighted by Crippen LogP contribution is -2.35. The molecule has 0 fully saturated rings. The van der Waals surface area contributed by atoms with Crippen molar-refractivity contribution >= 4 is 5.91 Å². The van der Waals surface area contributed by atoms with Gasteiger partial charge < -0.3 is 10.0 Å². The molecule has 1 aliphatic rings. The summed E-state index contributed by atoms with van der Waals surface area (Å²) < 4.78 is 0. The van der Waals surface area contributed by atoms with E-state index < -0.39 is 0 Å². The number of hydrogen-bond acceptors (Lipinski definition) is 3. The van der Waals surface area contributed by atoms with Crippen LogP contribution in [0.2, 0.25) is 0 Å². The number of pyridine rings is 1. The summed E-state index contributed by atoms with van der Waals surface area (Å²) in [7, 11) is 0. The van der Waals surface area contributed by atoms with Gasteiger partial charge in [0.15, 0.2) is 0 Å². The number of carbonyl (C=O) groups is 1. The minimum Gasteiger partial charge on any atom is -0.506 e. The molecule has 2 heterocycles. The first-order valence-corrected chi connectivity index (χ1v) is 6.24. The number of benzene rings is 1. The van der Waals surface area contributed by atoms with Gasteiger partial charge in [-0.05, 0) is 23.6 Å².